The van der Waals surface area contributed by atoms with Crippen LogP contribution in [-0.2, 0) is 9.09 Å². The van der Waals surface area contributed by atoms with Gasteiger partial charge in [-0.1, -0.05) is 27.2 Å². The maximum absolute atomic E-state index is 11.2. The Balaban J connectivity index is 3.20. The minimum absolute atomic E-state index is 0.638. The highest BCUT2D eigenvalue weighted by Crippen LogP contribution is 2.24. The van der Waals surface area contributed by atoms with Crippen LogP contribution in [0.4, 0.5) is 0 Å². The molecule has 0 aromatic carbocycles. The fraction of sp³-hybridized carbons (Fsp3) is 1.00. The van der Waals surface area contributed by atoms with Crippen LogP contribution in [0.2, 0.25) is 0 Å². The molecule has 0 aliphatic rings. The summed E-state index contributed by atoms with van der Waals surface area (Å²) in [5, 5.41) is 0. The van der Waals surface area contributed by atoms with Gasteiger partial charge in [0.2, 0.25) is 0 Å². The van der Waals surface area contributed by atoms with Crippen LogP contribution < -0.4 is 0 Å². The van der Waals surface area contributed by atoms with Gasteiger partial charge >= 0.3 is 8.03 Å². The van der Waals surface area contributed by atoms with Gasteiger partial charge in [-0.3, -0.25) is 0 Å². The van der Waals surface area contributed by atoms with E-state index in [1.807, 2.05) is 0 Å². The van der Waals surface area contributed by atoms with Crippen LogP contribution in [0, 0.1) is 5.92 Å². The Hall–Kier alpha value is 0.0600. The van der Waals surface area contributed by atoms with E-state index in [0.29, 0.717) is 12.5 Å². The molecule has 0 rings (SSSR count). The summed E-state index contributed by atoms with van der Waals surface area (Å²) in [5.41, 5.74) is 0. The summed E-state index contributed by atoms with van der Waals surface area (Å²) < 4.78 is 16.4. The Labute approximate surface area is 82.9 Å². The normalized spacial score (nSPS) is 12.2. The predicted molar refractivity (Wildman–Crippen MR) is 57.4 cm³/mol. The first kappa shape index (κ1) is 13.1. The van der Waals surface area contributed by atoms with Crippen molar-refractivity contribution in [2.24, 2.45) is 5.92 Å². The summed E-state index contributed by atoms with van der Waals surface area (Å²) >= 11 is 0. The van der Waals surface area contributed by atoms with Crippen molar-refractivity contribution in [2.45, 2.75) is 46.5 Å². The first-order valence-electron chi connectivity index (χ1n) is 5.24. The van der Waals surface area contributed by atoms with Crippen LogP contribution in [0.15, 0.2) is 0 Å². The van der Waals surface area contributed by atoms with Crippen molar-refractivity contribution < 1.29 is 9.09 Å². The Morgan fingerprint density at radius 3 is 2.54 bits per heavy atom. The standard InChI is InChI=1S/C10H22O2P/c1-4-5-6-9-13(11)12-8-7-10(2)3/h10H,4-9H2,1-3H3/q+1. The van der Waals surface area contributed by atoms with Gasteiger partial charge in [-0.2, -0.15) is 0 Å². The second-order valence-corrected chi connectivity index (χ2v) is 5.15. The van der Waals surface area contributed by atoms with E-state index in [9.17, 15) is 4.57 Å². The molecule has 0 N–H and O–H groups in total. The highest BCUT2D eigenvalue weighted by molar-refractivity contribution is 7.39. The fourth-order valence-electron chi connectivity index (χ4n) is 0.946. The average Bonchev–Trinajstić information content (AvgIpc) is 2.04. The summed E-state index contributed by atoms with van der Waals surface area (Å²) in [5.74, 6) is 0.638. The quantitative estimate of drug-likeness (QED) is 0.442. The van der Waals surface area contributed by atoms with Crippen LogP contribution in [0.3, 0.4) is 0 Å². The third-order valence-corrected chi connectivity index (χ3v) is 3.03. The molecule has 1 atom stereocenters. The van der Waals surface area contributed by atoms with Gasteiger partial charge < -0.3 is 0 Å². The minimum atomic E-state index is -1.37. The maximum Gasteiger partial charge on any atom is 0.508 e. The van der Waals surface area contributed by atoms with Gasteiger partial charge in [0.05, 0.1) is 0 Å². The largest absolute Gasteiger partial charge is 0.508 e. The molecule has 3 heteroatoms. The van der Waals surface area contributed by atoms with Crippen molar-refractivity contribution in [1.82, 2.24) is 0 Å². The third kappa shape index (κ3) is 9.98. The highest BCUT2D eigenvalue weighted by Gasteiger charge is 2.15. The topological polar surface area (TPSA) is 26.3 Å². The molecule has 2 nitrogen and oxygen atoms in total. The lowest BCUT2D eigenvalue weighted by Crippen LogP contribution is -1.94. The van der Waals surface area contributed by atoms with E-state index in [-0.39, 0.29) is 0 Å². The molecule has 0 spiro atoms. The molecule has 0 saturated heterocycles. The molecule has 78 valence electrons. The lowest BCUT2D eigenvalue weighted by Gasteiger charge is -1.98. The molecule has 0 aromatic rings. The molecule has 0 radical (unpaired) electrons. The fourth-order valence-corrected chi connectivity index (χ4v) is 1.87. The van der Waals surface area contributed by atoms with Crippen LogP contribution in [0.1, 0.15) is 46.5 Å². The number of hydrogen-bond acceptors (Lipinski definition) is 2. The van der Waals surface area contributed by atoms with Crippen LogP contribution in [-0.4, -0.2) is 12.8 Å². The van der Waals surface area contributed by atoms with Gasteiger partial charge in [-0.25, -0.2) is 0 Å². The maximum atomic E-state index is 11.2. The summed E-state index contributed by atoms with van der Waals surface area (Å²) in [6.07, 6.45) is 5.12. The molecular weight excluding hydrogens is 183 g/mol. The highest BCUT2D eigenvalue weighted by atomic mass is 31.1. The van der Waals surface area contributed by atoms with Gasteiger partial charge in [0.15, 0.2) is 6.16 Å². The summed E-state index contributed by atoms with van der Waals surface area (Å²) in [6.45, 7) is 7.09. The van der Waals surface area contributed by atoms with E-state index >= 15 is 0 Å². The van der Waals surface area contributed by atoms with Crippen molar-refractivity contribution in [3.05, 3.63) is 0 Å². The molecule has 1 unspecified atom stereocenters. The van der Waals surface area contributed by atoms with E-state index in [0.717, 1.165) is 25.4 Å². The van der Waals surface area contributed by atoms with Gasteiger partial charge in [0.1, 0.15) is 6.61 Å². The molecule has 0 saturated carbocycles. The monoisotopic (exact) mass is 205 g/mol. The van der Waals surface area contributed by atoms with Crippen molar-refractivity contribution in [2.75, 3.05) is 12.8 Å². The van der Waals surface area contributed by atoms with E-state index in [1.54, 1.807) is 0 Å². The van der Waals surface area contributed by atoms with E-state index in [2.05, 4.69) is 20.8 Å². The molecule has 0 aromatic heterocycles. The molecule has 0 aliphatic carbocycles. The average molecular weight is 205 g/mol. The summed E-state index contributed by atoms with van der Waals surface area (Å²) in [7, 11) is -1.37. The molecule has 0 heterocycles. The smallest absolute Gasteiger partial charge is 0.146 e. The van der Waals surface area contributed by atoms with Gasteiger partial charge in [-0.05, 0) is 29.7 Å². The number of unbranched alkanes of at least 4 members (excludes halogenated alkanes) is 2. The number of hydrogen-bond donors (Lipinski definition) is 0. The van der Waals surface area contributed by atoms with Crippen molar-refractivity contribution in [1.29, 1.82) is 0 Å². The zero-order valence-corrected chi connectivity index (χ0v) is 9.98. The SMILES string of the molecule is CCCCC[P+](=O)OCCC(C)C. The van der Waals surface area contributed by atoms with Crippen molar-refractivity contribution in [3.63, 3.8) is 0 Å². The number of rotatable bonds is 8. The lowest BCUT2D eigenvalue weighted by atomic mass is 10.2. The van der Waals surface area contributed by atoms with Crippen LogP contribution >= 0.6 is 8.03 Å². The van der Waals surface area contributed by atoms with Gasteiger partial charge in [0, 0.05) is 0 Å². The second-order valence-electron chi connectivity index (χ2n) is 3.78. The Kier molecular flexibility index (Phi) is 8.69. The molecule has 0 fully saturated rings. The molecular formula is C10H22O2P+. The Bertz CT molecular complexity index is 135. The molecule has 0 amide bonds. The predicted octanol–water partition coefficient (Wildman–Crippen LogP) is 3.98. The second kappa shape index (κ2) is 8.65. The Morgan fingerprint density at radius 1 is 1.31 bits per heavy atom. The van der Waals surface area contributed by atoms with Crippen LogP contribution in [0.5, 0.6) is 0 Å². The molecule has 0 aliphatic heterocycles. The zero-order valence-electron chi connectivity index (χ0n) is 9.08. The zero-order chi connectivity index (χ0) is 10.1. The first-order chi connectivity index (χ1) is 6.16. The van der Waals surface area contributed by atoms with Crippen LogP contribution in [0.25, 0.3) is 0 Å². The van der Waals surface area contributed by atoms with Gasteiger partial charge in [0.25, 0.3) is 0 Å². The minimum Gasteiger partial charge on any atom is -0.146 e. The third-order valence-electron chi connectivity index (χ3n) is 1.87. The lowest BCUT2D eigenvalue weighted by molar-refractivity contribution is 0.300. The van der Waals surface area contributed by atoms with E-state index < -0.39 is 8.03 Å². The molecule has 13 heavy (non-hydrogen) atoms. The summed E-state index contributed by atoms with van der Waals surface area (Å²) in [4.78, 5) is 0. The van der Waals surface area contributed by atoms with Gasteiger partial charge in [-0.15, -0.1) is 4.52 Å². The van der Waals surface area contributed by atoms with E-state index in [4.69, 9.17) is 4.52 Å². The van der Waals surface area contributed by atoms with Crippen molar-refractivity contribution >= 4 is 8.03 Å². The van der Waals surface area contributed by atoms with E-state index in [1.165, 1.54) is 6.42 Å². The molecule has 0 bridgehead atoms. The summed E-state index contributed by atoms with van der Waals surface area (Å²) in [6, 6.07) is 0. The first-order valence-corrected chi connectivity index (χ1v) is 6.60. The Morgan fingerprint density at radius 2 is 2.00 bits per heavy atom. The van der Waals surface area contributed by atoms with Crippen molar-refractivity contribution in [3.8, 4) is 0 Å².